The molecule has 0 aliphatic rings. The van der Waals surface area contributed by atoms with Crippen LogP contribution in [0.3, 0.4) is 0 Å². The molecule has 0 bridgehead atoms. The maximum absolute atomic E-state index is 5.68. The summed E-state index contributed by atoms with van der Waals surface area (Å²) in [5.74, 6) is 1.61. The summed E-state index contributed by atoms with van der Waals surface area (Å²) in [6, 6.07) is 10.5. The molecule has 1 rings (SSSR count). The molecular formula is C16H28N2O. The van der Waals surface area contributed by atoms with Gasteiger partial charge in [-0.3, -0.25) is 0 Å². The zero-order valence-electron chi connectivity index (χ0n) is 12.7. The number of benzene rings is 1. The first-order chi connectivity index (χ1) is 9.09. The first-order valence-electron chi connectivity index (χ1n) is 7.15. The van der Waals surface area contributed by atoms with Crippen LogP contribution >= 0.6 is 0 Å². The van der Waals surface area contributed by atoms with E-state index in [0.29, 0.717) is 12.0 Å². The minimum Gasteiger partial charge on any atom is -0.494 e. The third-order valence-corrected chi connectivity index (χ3v) is 3.11. The average Bonchev–Trinajstić information content (AvgIpc) is 2.37. The fourth-order valence-electron chi connectivity index (χ4n) is 1.97. The number of ether oxygens (including phenoxy) is 1. The van der Waals surface area contributed by atoms with Crippen LogP contribution in [-0.4, -0.2) is 44.7 Å². The molecule has 0 fully saturated rings. The summed E-state index contributed by atoms with van der Waals surface area (Å²) < 4.78 is 5.68. The lowest BCUT2D eigenvalue weighted by molar-refractivity contribution is 0.270. The average molecular weight is 264 g/mol. The Kier molecular flexibility index (Phi) is 7.53. The van der Waals surface area contributed by atoms with E-state index in [1.807, 2.05) is 30.3 Å². The Balaban J connectivity index is 2.15. The molecule has 19 heavy (non-hydrogen) atoms. The smallest absolute Gasteiger partial charge is 0.119 e. The van der Waals surface area contributed by atoms with Gasteiger partial charge in [0.05, 0.1) is 6.61 Å². The Bertz CT molecular complexity index is 325. The Morgan fingerprint density at radius 2 is 1.84 bits per heavy atom. The van der Waals surface area contributed by atoms with Gasteiger partial charge in [0.1, 0.15) is 5.75 Å². The quantitative estimate of drug-likeness (QED) is 0.694. The van der Waals surface area contributed by atoms with Crippen LogP contribution in [0.15, 0.2) is 30.3 Å². The lowest BCUT2D eigenvalue weighted by atomic mass is 10.0. The van der Waals surface area contributed by atoms with Crippen LogP contribution in [-0.2, 0) is 0 Å². The summed E-state index contributed by atoms with van der Waals surface area (Å²) in [5, 5.41) is 3.62. The molecule has 0 aliphatic carbocycles. The topological polar surface area (TPSA) is 24.5 Å². The van der Waals surface area contributed by atoms with Crippen LogP contribution in [0.5, 0.6) is 5.75 Å². The van der Waals surface area contributed by atoms with Gasteiger partial charge in [0.25, 0.3) is 0 Å². The van der Waals surface area contributed by atoms with Crippen LogP contribution in [0.1, 0.15) is 20.3 Å². The second kappa shape index (κ2) is 8.94. The van der Waals surface area contributed by atoms with Crippen molar-refractivity contribution >= 4 is 0 Å². The number of likely N-dealkylation sites (N-methyl/N-ethyl adjacent to an activating group) is 1. The van der Waals surface area contributed by atoms with E-state index >= 15 is 0 Å². The Morgan fingerprint density at radius 1 is 1.16 bits per heavy atom. The normalized spacial score (nSPS) is 12.9. The Morgan fingerprint density at radius 3 is 2.42 bits per heavy atom. The molecule has 1 aromatic rings. The van der Waals surface area contributed by atoms with Crippen molar-refractivity contribution in [1.29, 1.82) is 0 Å². The van der Waals surface area contributed by atoms with Crippen LogP contribution in [0.4, 0.5) is 0 Å². The van der Waals surface area contributed by atoms with Gasteiger partial charge in [-0.2, -0.15) is 0 Å². The van der Waals surface area contributed by atoms with Gasteiger partial charge in [0.2, 0.25) is 0 Å². The molecule has 108 valence electrons. The minimum atomic E-state index is 0.548. The fourth-order valence-corrected chi connectivity index (χ4v) is 1.97. The molecule has 0 radical (unpaired) electrons. The monoisotopic (exact) mass is 264 g/mol. The first-order valence-corrected chi connectivity index (χ1v) is 7.15. The van der Waals surface area contributed by atoms with Crippen molar-refractivity contribution in [3.63, 3.8) is 0 Å². The first kappa shape index (κ1) is 16.0. The van der Waals surface area contributed by atoms with Crippen LogP contribution in [0, 0.1) is 5.92 Å². The van der Waals surface area contributed by atoms with E-state index in [2.05, 4.69) is 38.2 Å². The van der Waals surface area contributed by atoms with Crippen LogP contribution < -0.4 is 10.1 Å². The maximum atomic E-state index is 5.68. The van der Waals surface area contributed by atoms with E-state index in [1.54, 1.807) is 0 Å². The SMILES string of the molecule is CC(C)C(CN(C)C)NCCCOc1ccccc1. The molecule has 0 spiro atoms. The molecule has 0 aliphatic heterocycles. The summed E-state index contributed by atoms with van der Waals surface area (Å²) in [5.41, 5.74) is 0. The van der Waals surface area contributed by atoms with Crippen molar-refractivity contribution in [2.75, 3.05) is 33.8 Å². The van der Waals surface area contributed by atoms with Crippen molar-refractivity contribution in [2.45, 2.75) is 26.3 Å². The lowest BCUT2D eigenvalue weighted by Crippen LogP contribution is -2.42. The molecule has 3 nitrogen and oxygen atoms in total. The van der Waals surface area contributed by atoms with Gasteiger partial charge in [0.15, 0.2) is 0 Å². The lowest BCUT2D eigenvalue weighted by Gasteiger charge is -2.25. The molecule has 3 heteroatoms. The predicted octanol–water partition coefficient (Wildman–Crippen LogP) is 2.63. The third-order valence-electron chi connectivity index (χ3n) is 3.11. The summed E-state index contributed by atoms with van der Waals surface area (Å²) >= 11 is 0. The molecule has 1 aromatic carbocycles. The molecule has 0 saturated heterocycles. The number of nitrogens with zero attached hydrogens (tertiary/aromatic N) is 1. The Labute approximate surface area is 118 Å². The highest BCUT2D eigenvalue weighted by Crippen LogP contribution is 2.08. The minimum absolute atomic E-state index is 0.548. The summed E-state index contributed by atoms with van der Waals surface area (Å²) in [7, 11) is 4.24. The van der Waals surface area contributed by atoms with Crippen molar-refractivity contribution < 1.29 is 4.74 Å². The van der Waals surface area contributed by atoms with Crippen molar-refractivity contribution in [2.24, 2.45) is 5.92 Å². The molecule has 1 unspecified atom stereocenters. The second-order valence-electron chi connectivity index (χ2n) is 5.58. The highest BCUT2D eigenvalue weighted by atomic mass is 16.5. The van der Waals surface area contributed by atoms with E-state index in [-0.39, 0.29) is 0 Å². The molecule has 0 heterocycles. The fraction of sp³-hybridized carbons (Fsp3) is 0.625. The van der Waals surface area contributed by atoms with Gasteiger partial charge in [0, 0.05) is 12.6 Å². The van der Waals surface area contributed by atoms with Crippen molar-refractivity contribution in [3.8, 4) is 5.75 Å². The van der Waals surface area contributed by atoms with Gasteiger partial charge in [-0.1, -0.05) is 32.0 Å². The molecule has 0 saturated carbocycles. The molecule has 0 amide bonds. The highest BCUT2D eigenvalue weighted by Gasteiger charge is 2.12. The van der Waals surface area contributed by atoms with Gasteiger partial charge in [-0.05, 0) is 45.1 Å². The number of nitrogens with one attached hydrogen (secondary N) is 1. The number of hydrogen-bond acceptors (Lipinski definition) is 3. The number of rotatable bonds is 9. The molecule has 1 N–H and O–H groups in total. The Hall–Kier alpha value is -1.06. The van der Waals surface area contributed by atoms with Gasteiger partial charge >= 0.3 is 0 Å². The molecular weight excluding hydrogens is 236 g/mol. The number of hydrogen-bond donors (Lipinski definition) is 1. The van der Waals surface area contributed by atoms with E-state index in [0.717, 1.165) is 31.9 Å². The van der Waals surface area contributed by atoms with Gasteiger partial charge in [-0.15, -0.1) is 0 Å². The van der Waals surface area contributed by atoms with E-state index < -0.39 is 0 Å². The molecule has 0 aromatic heterocycles. The van der Waals surface area contributed by atoms with E-state index in [4.69, 9.17) is 4.74 Å². The molecule has 1 atom stereocenters. The highest BCUT2D eigenvalue weighted by molar-refractivity contribution is 5.20. The summed E-state index contributed by atoms with van der Waals surface area (Å²) in [6.07, 6.45) is 1.03. The maximum Gasteiger partial charge on any atom is 0.119 e. The largest absolute Gasteiger partial charge is 0.494 e. The number of para-hydroxylation sites is 1. The zero-order chi connectivity index (χ0) is 14.1. The second-order valence-corrected chi connectivity index (χ2v) is 5.58. The standard InChI is InChI=1S/C16H28N2O/c1-14(2)16(13-18(3)4)17-11-8-12-19-15-9-6-5-7-10-15/h5-7,9-10,14,16-17H,8,11-13H2,1-4H3. The predicted molar refractivity (Wildman–Crippen MR) is 81.7 cm³/mol. The third kappa shape index (κ3) is 7.19. The van der Waals surface area contributed by atoms with Crippen LogP contribution in [0.25, 0.3) is 0 Å². The van der Waals surface area contributed by atoms with E-state index in [1.165, 1.54) is 0 Å². The van der Waals surface area contributed by atoms with Crippen molar-refractivity contribution in [1.82, 2.24) is 10.2 Å². The summed E-state index contributed by atoms with van der Waals surface area (Å²) in [6.45, 7) is 7.38. The van der Waals surface area contributed by atoms with Crippen LogP contribution in [0.2, 0.25) is 0 Å². The van der Waals surface area contributed by atoms with Gasteiger partial charge < -0.3 is 15.0 Å². The van der Waals surface area contributed by atoms with Crippen molar-refractivity contribution in [3.05, 3.63) is 30.3 Å². The van der Waals surface area contributed by atoms with E-state index in [9.17, 15) is 0 Å². The summed E-state index contributed by atoms with van der Waals surface area (Å²) in [4.78, 5) is 2.23. The van der Waals surface area contributed by atoms with Gasteiger partial charge in [-0.25, -0.2) is 0 Å². The zero-order valence-corrected chi connectivity index (χ0v) is 12.7.